The van der Waals surface area contributed by atoms with Gasteiger partial charge in [0.2, 0.25) is 5.91 Å². The summed E-state index contributed by atoms with van der Waals surface area (Å²) in [6.07, 6.45) is 1.64. The number of anilines is 1. The van der Waals surface area contributed by atoms with Gasteiger partial charge in [-0.25, -0.2) is 4.39 Å². The molecular weight excluding hydrogens is 235 g/mol. The number of nitrogens with zero attached hydrogens (tertiary/aromatic N) is 1. The Bertz CT molecular complexity index is 451. The number of ether oxygens (including phenoxy) is 1. The first-order valence-corrected chi connectivity index (χ1v) is 5.99. The summed E-state index contributed by atoms with van der Waals surface area (Å²) in [6.45, 7) is 0.543. The number of piperidine rings is 1. The van der Waals surface area contributed by atoms with Crippen molar-refractivity contribution in [1.82, 2.24) is 5.32 Å². The zero-order valence-electron chi connectivity index (χ0n) is 10.6. The van der Waals surface area contributed by atoms with E-state index in [1.54, 1.807) is 19.2 Å². The molecule has 1 heterocycles. The second kappa shape index (κ2) is 5.35. The lowest BCUT2D eigenvalue weighted by atomic mass is 10.0. The molecular formula is C13H17FN2O2. The quantitative estimate of drug-likeness (QED) is 0.887. The molecule has 1 amide bonds. The van der Waals surface area contributed by atoms with Gasteiger partial charge in [-0.15, -0.1) is 0 Å². The van der Waals surface area contributed by atoms with Gasteiger partial charge in [0.15, 0.2) is 0 Å². The maximum atomic E-state index is 13.8. The van der Waals surface area contributed by atoms with Crippen molar-refractivity contribution in [2.75, 3.05) is 25.6 Å². The first-order chi connectivity index (χ1) is 8.67. The second-order valence-electron chi connectivity index (χ2n) is 4.29. The van der Waals surface area contributed by atoms with E-state index in [1.165, 1.54) is 18.1 Å². The summed E-state index contributed by atoms with van der Waals surface area (Å²) < 4.78 is 18.9. The third-order valence-electron chi connectivity index (χ3n) is 3.23. The minimum Gasteiger partial charge on any atom is -0.497 e. The van der Waals surface area contributed by atoms with E-state index in [-0.39, 0.29) is 11.9 Å². The Morgan fingerprint density at radius 2 is 2.28 bits per heavy atom. The van der Waals surface area contributed by atoms with Gasteiger partial charge in [-0.3, -0.25) is 4.79 Å². The van der Waals surface area contributed by atoms with Crippen molar-refractivity contribution in [3.05, 3.63) is 24.0 Å². The molecule has 1 atom stereocenters. The molecule has 0 bridgehead atoms. The summed E-state index contributed by atoms with van der Waals surface area (Å²) in [4.78, 5) is 13.7. The lowest BCUT2D eigenvalue weighted by molar-refractivity contribution is -0.121. The Morgan fingerprint density at radius 3 is 2.94 bits per heavy atom. The van der Waals surface area contributed by atoms with Gasteiger partial charge in [0.25, 0.3) is 0 Å². The average molecular weight is 252 g/mol. The molecule has 18 heavy (non-hydrogen) atoms. The molecule has 1 aliphatic rings. The zero-order chi connectivity index (χ0) is 13.1. The van der Waals surface area contributed by atoms with Gasteiger partial charge in [-0.2, -0.15) is 0 Å². The van der Waals surface area contributed by atoms with Gasteiger partial charge in [-0.1, -0.05) is 0 Å². The van der Waals surface area contributed by atoms with Crippen LogP contribution in [0, 0.1) is 5.82 Å². The molecule has 1 saturated heterocycles. The summed E-state index contributed by atoms with van der Waals surface area (Å²) in [5.41, 5.74) is 0.291. The number of nitrogens with one attached hydrogen (secondary N) is 1. The molecule has 4 nitrogen and oxygen atoms in total. The highest BCUT2D eigenvalue weighted by atomic mass is 19.1. The number of likely N-dealkylation sites (N-methyl/N-ethyl adjacent to an activating group) is 1. The fraction of sp³-hybridized carbons (Fsp3) is 0.462. The number of carbonyl (C=O) groups is 1. The van der Waals surface area contributed by atoms with Crippen molar-refractivity contribution < 1.29 is 13.9 Å². The van der Waals surface area contributed by atoms with Crippen LogP contribution in [0.3, 0.4) is 0 Å². The maximum absolute atomic E-state index is 13.8. The van der Waals surface area contributed by atoms with Crippen molar-refractivity contribution in [2.45, 2.75) is 18.9 Å². The van der Waals surface area contributed by atoms with Crippen molar-refractivity contribution >= 4 is 11.6 Å². The number of rotatable bonds is 3. The molecule has 0 radical (unpaired) electrons. The topological polar surface area (TPSA) is 41.6 Å². The van der Waals surface area contributed by atoms with Gasteiger partial charge >= 0.3 is 0 Å². The first kappa shape index (κ1) is 12.8. The van der Waals surface area contributed by atoms with Crippen LogP contribution >= 0.6 is 0 Å². The highest BCUT2D eigenvalue weighted by Crippen LogP contribution is 2.28. The number of hydrogen-bond acceptors (Lipinski definition) is 3. The number of hydrogen-bond donors (Lipinski definition) is 1. The lowest BCUT2D eigenvalue weighted by Crippen LogP contribution is -2.50. The zero-order valence-corrected chi connectivity index (χ0v) is 10.6. The fourth-order valence-electron chi connectivity index (χ4n) is 2.21. The van der Waals surface area contributed by atoms with Crippen molar-refractivity contribution in [3.8, 4) is 5.75 Å². The number of amides is 1. The summed E-state index contributed by atoms with van der Waals surface area (Å²) in [5, 5.41) is 2.96. The predicted molar refractivity (Wildman–Crippen MR) is 67.4 cm³/mol. The standard InChI is InChI=1S/C13H17FN2O2/c1-15-11-4-3-7-16(13(11)17)12-8-9(18-2)5-6-10(12)14/h5-6,8,11,15H,3-4,7H2,1-2H3. The normalized spacial score (nSPS) is 20.1. The van der Waals surface area contributed by atoms with E-state index in [0.29, 0.717) is 18.0 Å². The molecule has 0 aromatic heterocycles. The number of carbonyl (C=O) groups excluding carboxylic acids is 1. The van der Waals surface area contributed by atoms with Crippen LogP contribution in [0.2, 0.25) is 0 Å². The Balaban J connectivity index is 2.32. The molecule has 5 heteroatoms. The third-order valence-corrected chi connectivity index (χ3v) is 3.23. The molecule has 1 N–H and O–H groups in total. The maximum Gasteiger partial charge on any atom is 0.244 e. The Hall–Kier alpha value is -1.62. The molecule has 0 spiro atoms. The van der Waals surface area contributed by atoms with Crippen LogP contribution < -0.4 is 15.0 Å². The van der Waals surface area contributed by atoms with Gasteiger partial charge in [-0.05, 0) is 32.0 Å². The molecule has 1 aromatic carbocycles. The van der Waals surface area contributed by atoms with Crippen LogP contribution in [0.1, 0.15) is 12.8 Å². The van der Waals surface area contributed by atoms with E-state index in [9.17, 15) is 9.18 Å². The van der Waals surface area contributed by atoms with Crippen LogP contribution in [0.4, 0.5) is 10.1 Å². The van der Waals surface area contributed by atoms with E-state index in [2.05, 4.69) is 5.32 Å². The number of benzene rings is 1. The van der Waals surface area contributed by atoms with Crippen LogP contribution in [-0.4, -0.2) is 32.7 Å². The smallest absolute Gasteiger partial charge is 0.244 e. The monoisotopic (exact) mass is 252 g/mol. The Kier molecular flexibility index (Phi) is 3.81. The molecule has 1 aromatic rings. The Labute approximate surface area is 106 Å². The van der Waals surface area contributed by atoms with E-state index in [0.717, 1.165) is 12.8 Å². The molecule has 0 saturated carbocycles. The number of halogens is 1. The summed E-state index contributed by atoms with van der Waals surface area (Å²) in [6, 6.07) is 4.20. The summed E-state index contributed by atoms with van der Waals surface area (Å²) >= 11 is 0. The first-order valence-electron chi connectivity index (χ1n) is 5.99. The third kappa shape index (κ3) is 2.31. The fourth-order valence-corrected chi connectivity index (χ4v) is 2.21. The molecule has 1 unspecified atom stereocenters. The van der Waals surface area contributed by atoms with Crippen LogP contribution in [-0.2, 0) is 4.79 Å². The highest BCUT2D eigenvalue weighted by Gasteiger charge is 2.30. The lowest BCUT2D eigenvalue weighted by Gasteiger charge is -2.32. The van der Waals surface area contributed by atoms with Crippen LogP contribution in [0.25, 0.3) is 0 Å². The minimum atomic E-state index is -0.402. The van der Waals surface area contributed by atoms with Crippen molar-refractivity contribution in [1.29, 1.82) is 0 Å². The summed E-state index contributed by atoms with van der Waals surface area (Å²) in [7, 11) is 3.26. The largest absolute Gasteiger partial charge is 0.497 e. The summed E-state index contributed by atoms with van der Waals surface area (Å²) in [5.74, 6) is 0.0580. The molecule has 2 rings (SSSR count). The molecule has 1 fully saturated rings. The van der Waals surface area contributed by atoms with Crippen LogP contribution in [0.15, 0.2) is 18.2 Å². The van der Waals surface area contributed by atoms with E-state index in [1.807, 2.05) is 0 Å². The molecule has 1 aliphatic heterocycles. The van der Waals surface area contributed by atoms with Gasteiger partial charge in [0, 0.05) is 12.6 Å². The van der Waals surface area contributed by atoms with Crippen molar-refractivity contribution in [3.63, 3.8) is 0 Å². The van der Waals surface area contributed by atoms with Crippen LogP contribution in [0.5, 0.6) is 5.75 Å². The van der Waals surface area contributed by atoms with Gasteiger partial charge < -0.3 is 15.0 Å². The SMILES string of the molecule is CNC1CCCN(c2cc(OC)ccc2F)C1=O. The molecule has 0 aliphatic carbocycles. The van der Waals surface area contributed by atoms with Gasteiger partial charge in [0.1, 0.15) is 11.6 Å². The average Bonchev–Trinajstić information content (AvgIpc) is 2.40. The highest BCUT2D eigenvalue weighted by molar-refractivity contribution is 5.98. The predicted octanol–water partition coefficient (Wildman–Crippen LogP) is 1.55. The minimum absolute atomic E-state index is 0.0871. The second-order valence-corrected chi connectivity index (χ2v) is 4.29. The van der Waals surface area contributed by atoms with E-state index < -0.39 is 5.82 Å². The van der Waals surface area contributed by atoms with Gasteiger partial charge in [0.05, 0.1) is 18.8 Å². The molecule has 98 valence electrons. The number of methoxy groups -OCH3 is 1. The van der Waals surface area contributed by atoms with E-state index >= 15 is 0 Å². The Morgan fingerprint density at radius 1 is 1.50 bits per heavy atom. The van der Waals surface area contributed by atoms with E-state index in [4.69, 9.17) is 4.74 Å². The van der Waals surface area contributed by atoms with Crippen molar-refractivity contribution in [2.24, 2.45) is 0 Å².